The maximum atomic E-state index is 13.5. The SMILES string of the molecule is Cc1cccc(S(=O)(=O)N2CCCCN3[C@H](CO)[C@H](c4ccc(C#CC5CC5)cc4)[C@@H]3C2)c1. The average Bonchev–Trinajstić information content (AvgIpc) is 3.62. The number of rotatable bonds is 4. The van der Waals surface area contributed by atoms with E-state index in [2.05, 4.69) is 41.0 Å². The Balaban J connectivity index is 1.40. The molecule has 3 fully saturated rings. The second-order valence-corrected chi connectivity index (χ2v) is 11.6. The summed E-state index contributed by atoms with van der Waals surface area (Å²) in [6.07, 6.45) is 4.18. The second kappa shape index (κ2) is 9.23. The predicted molar refractivity (Wildman–Crippen MR) is 129 cm³/mol. The van der Waals surface area contributed by atoms with Gasteiger partial charge in [-0.1, -0.05) is 36.1 Å². The van der Waals surface area contributed by atoms with Crippen LogP contribution in [-0.4, -0.2) is 61.1 Å². The van der Waals surface area contributed by atoms with Crippen LogP contribution in [0.4, 0.5) is 0 Å². The van der Waals surface area contributed by atoms with Gasteiger partial charge in [-0.15, -0.1) is 0 Å². The third-order valence-electron chi connectivity index (χ3n) is 7.25. The van der Waals surface area contributed by atoms with E-state index in [-0.39, 0.29) is 24.6 Å². The molecule has 2 heterocycles. The van der Waals surface area contributed by atoms with Crippen molar-refractivity contribution in [3.63, 3.8) is 0 Å². The number of hydrogen-bond acceptors (Lipinski definition) is 4. The summed E-state index contributed by atoms with van der Waals surface area (Å²) >= 11 is 0. The average molecular weight is 465 g/mol. The van der Waals surface area contributed by atoms with Crippen LogP contribution in [0.25, 0.3) is 0 Å². The Morgan fingerprint density at radius 3 is 2.52 bits per heavy atom. The van der Waals surface area contributed by atoms with Crippen LogP contribution < -0.4 is 0 Å². The van der Waals surface area contributed by atoms with Gasteiger partial charge >= 0.3 is 0 Å². The number of benzene rings is 2. The molecule has 2 aliphatic heterocycles. The normalized spacial score (nSPS) is 26.3. The molecule has 0 bridgehead atoms. The molecule has 5 rings (SSSR count). The van der Waals surface area contributed by atoms with E-state index < -0.39 is 10.0 Å². The van der Waals surface area contributed by atoms with Crippen molar-refractivity contribution in [2.75, 3.05) is 26.2 Å². The molecule has 2 saturated heterocycles. The van der Waals surface area contributed by atoms with Gasteiger partial charge in [-0.2, -0.15) is 4.31 Å². The lowest BCUT2D eigenvalue weighted by Crippen LogP contribution is -2.67. The minimum Gasteiger partial charge on any atom is -0.395 e. The van der Waals surface area contributed by atoms with Crippen molar-refractivity contribution < 1.29 is 13.5 Å². The highest BCUT2D eigenvalue weighted by Crippen LogP contribution is 2.42. The molecule has 0 radical (unpaired) electrons. The van der Waals surface area contributed by atoms with E-state index in [1.165, 1.54) is 12.8 Å². The smallest absolute Gasteiger partial charge is 0.243 e. The molecule has 174 valence electrons. The lowest BCUT2D eigenvalue weighted by Gasteiger charge is -2.57. The van der Waals surface area contributed by atoms with E-state index in [9.17, 15) is 13.5 Å². The minimum atomic E-state index is -3.57. The topological polar surface area (TPSA) is 60.9 Å². The molecule has 33 heavy (non-hydrogen) atoms. The first-order valence-corrected chi connectivity index (χ1v) is 13.5. The Bertz CT molecular complexity index is 1160. The second-order valence-electron chi connectivity index (χ2n) is 9.63. The molecule has 0 unspecified atom stereocenters. The third-order valence-corrected chi connectivity index (χ3v) is 9.11. The zero-order valence-electron chi connectivity index (χ0n) is 19.2. The van der Waals surface area contributed by atoms with Gasteiger partial charge in [0.1, 0.15) is 0 Å². The van der Waals surface area contributed by atoms with Gasteiger partial charge in [0.15, 0.2) is 0 Å². The van der Waals surface area contributed by atoms with Gasteiger partial charge in [0.25, 0.3) is 0 Å². The van der Waals surface area contributed by atoms with Gasteiger partial charge in [0.2, 0.25) is 10.0 Å². The van der Waals surface area contributed by atoms with Crippen LogP contribution in [0.2, 0.25) is 0 Å². The van der Waals surface area contributed by atoms with Crippen molar-refractivity contribution in [1.29, 1.82) is 0 Å². The number of hydrogen-bond donors (Lipinski definition) is 1. The summed E-state index contributed by atoms with van der Waals surface area (Å²) in [5.41, 5.74) is 3.11. The molecule has 0 amide bonds. The van der Waals surface area contributed by atoms with Crippen molar-refractivity contribution in [2.24, 2.45) is 5.92 Å². The van der Waals surface area contributed by atoms with Crippen LogP contribution in [0.1, 0.15) is 48.3 Å². The van der Waals surface area contributed by atoms with Crippen LogP contribution in [0.5, 0.6) is 0 Å². The number of sulfonamides is 1. The van der Waals surface area contributed by atoms with Crippen molar-refractivity contribution in [3.05, 3.63) is 65.2 Å². The summed E-state index contributed by atoms with van der Waals surface area (Å²) < 4.78 is 28.7. The summed E-state index contributed by atoms with van der Waals surface area (Å²) in [7, 11) is -3.57. The van der Waals surface area contributed by atoms with Crippen LogP contribution in [0.3, 0.4) is 0 Å². The number of aryl methyl sites for hydroxylation is 1. The molecule has 0 aromatic heterocycles. The predicted octanol–water partition coefficient (Wildman–Crippen LogP) is 3.37. The first kappa shape index (κ1) is 22.6. The summed E-state index contributed by atoms with van der Waals surface area (Å²) in [6.45, 7) is 3.87. The fourth-order valence-electron chi connectivity index (χ4n) is 5.25. The van der Waals surface area contributed by atoms with Gasteiger partial charge in [-0.05, 0) is 74.5 Å². The van der Waals surface area contributed by atoms with Gasteiger partial charge < -0.3 is 5.11 Å². The highest BCUT2D eigenvalue weighted by molar-refractivity contribution is 7.89. The standard InChI is InChI=1S/C27H32N2O3S/c1-20-5-4-6-24(17-20)33(31,32)28-15-2-3-16-29-25(18-28)27(26(29)19-30)23-13-11-22(12-14-23)10-9-21-7-8-21/h4-6,11-14,17,21,25-27,30H,2-3,7-8,15-16,18-19H2,1H3/t25-,26+,27+/m0/s1. The van der Waals surface area contributed by atoms with Crippen molar-refractivity contribution in [2.45, 2.75) is 55.5 Å². The number of aliphatic hydroxyl groups excluding tert-OH is 1. The molecule has 3 aliphatic rings. The number of nitrogens with zero attached hydrogens (tertiary/aromatic N) is 2. The van der Waals surface area contributed by atoms with Crippen LogP contribution in [0, 0.1) is 24.7 Å². The third kappa shape index (κ3) is 4.61. The fourth-order valence-corrected chi connectivity index (χ4v) is 6.86. The lowest BCUT2D eigenvalue weighted by atomic mass is 9.74. The Morgan fingerprint density at radius 2 is 1.82 bits per heavy atom. The van der Waals surface area contributed by atoms with Crippen molar-refractivity contribution >= 4 is 10.0 Å². The summed E-state index contributed by atoms with van der Waals surface area (Å²) in [5, 5.41) is 10.2. The maximum Gasteiger partial charge on any atom is 0.243 e. The molecule has 1 aliphatic carbocycles. The lowest BCUT2D eigenvalue weighted by molar-refractivity contribution is -0.0553. The van der Waals surface area contributed by atoms with Crippen molar-refractivity contribution in [1.82, 2.24) is 9.21 Å². The first-order chi connectivity index (χ1) is 16.0. The molecular weight excluding hydrogens is 432 g/mol. The molecule has 6 heteroatoms. The number of fused-ring (bicyclic) bond motifs is 1. The zero-order valence-corrected chi connectivity index (χ0v) is 20.0. The van der Waals surface area contributed by atoms with E-state index >= 15 is 0 Å². The Kier molecular flexibility index (Phi) is 6.32. The molecule has 2 aromatic carbocycles. The Labute approximate surface area is 197 Å². The molecule has 1 N–H and O–H groups in total. The highest BCUT2D eigenvalue weighted by Gasteiger charge is 2.50. The van der Waals surface area contributed by atoms with Crippen LogP contribution in [0.15, 0.2) is 53.4 Å². The van der Waals surface area contributed by atoms with Gasteiger partial charge in [0, 0.05) is 42.6 Å². The summed E-state index contributed by atoms with van der Waals surface area (Å²) in [5.74, 6) is 7.24. The molecule has 1 saturated carbocycles. The molecule has 2 aromatic rings. The monoisotopic (exact) mass is 464 g/mol. The van der Waals surface area contributed by atoms with E-state index in [1.807, 2.05) is 13.0 Å². The molecule has 0 spiro atoms. The first-order valence-electron chi connectivity index (χ1n) is 12.0. The Hall–Kier alpha value is -2.17. The Morgan fingerprint density at radius 1 is 1.06 bits per heavy atom. The highest BCUT2D eigenvalue weighted by atomic mass is 32.2. The molecule has 3 atom stereocenters. The van der Waals surface area contributed by atoms with Crippen LogP contribution in [-0.2, 0) is 10.0 Å². The quantitative estimate of drug-likeness (QED) is 0.705. The van der Waals surface area contributed by atoms with E-state index in [1.54, 1.807) is 22.5 Å². The van der Waals surface area contributed by atoms with Gasteiger partial charge in [-0.25, -0.2) is 8.42 Å². The van der Waals surface area contributed by atoms with E-state index in [4.69, 9.17) is 0 Å². The van der Waals surface area contributed by atoms with E-state index in [0.29, 0.717) is 23.9 Å². The minimum absolute atomic E-state index is 0.0278. The maximum absolute atomic E-state index is 13.5. The zero-order chi connectivity index (χ0) is 23.0. The van der Waals surface area contributed by atoms with E-state index in [0.717, 1.165) is 36.1 Å². The van der Waals surface area contributed by atoms with Gasteiger partial charge in [0.05, 0.1) is 11.5 Å². The molecular formula is C27H32N2O3S. The number of aliphatic hydroxyl groups is 1. The van der Waals surface area contributed by atoms with Crippen molar-refractivity contribution in [3.8, 4) is 11.8 Å². The fraction of sp³-hybridized carbons (Fsp3) is 0.481. The van der Waals surface area contributed by atoms with Crippen LogP contribution >= 0.6 is 0 Å². The summed E-state index contributed by atoms with van der Waals surface area (Å²) in [4.78, 5) is 2.67. The van der Waals surface area contributed by atoms with Gasteiger partial charge in [-0.3, -0.25) is 4.90 Å². The largest absolute Gasteiger partial charge is 0.395 e. The summed E-state index contributed by atoms with van der Waals surface area (Å²) in [6, 6.07) is 15.6. The molecule has 5 nitrogen and oxygen atoms in total.